The molecular weight excluding hydrogens is 385 g/mol. The molecule has 0 heterocycles. The summed E-state index contributed by atoms with van der Waals surface area (Å²) in [5, 5.41) is 20.7. The molecule has 134 valence electrons. The number of allylic oxidation sites excluding steroid dienone is 1. The molecule has 0 unspecified atom stereocenters. The summed E-state index contributed by atoms with van der Waals surface area (Å²) in [7, 11) is 0. The molecule has 0 radical (unpaired) electrons. The van der Waals surface area contributed by atoms with Crippen LogP contribution in [-0.2, 0) is 4.79 Å². The number of halogens is 2. The first-order chi connectivity index (χ1) is 13.0. The van der Waals surface area contributed by atoms with Gasteiger partial charge in [0.1, 0.15) is 0 Å². The van der Waals surface area contributed by atoms with Crippen molar-refractivity contribution < 1.29 is 14.6 Å². The van der Waals surface area contributed by atoms with Gasteiger partial charge in [0.15, 0.2) is 12.4 Å². The molecule has 0 bridgehead atoms. The summed E-state index contributed by atoms with van der Waals surface area (Å²) in [5.74, 6) is -1.03. The van der Waals surface area contributed by atoms with Gasteiger partial charge in [-0.2, -0.15) is 5.26 Å². The molecule has 3 aromatic carbocycles. The quantitative estimate of drug-likeness (QED) is 0.444. The molecule has 3 aromatic rings. The molecule has 0 aromatic heterocycles. The average molecular weight is 398 g/mol. The lowest BCUT2D eigenvalue weighted by atomic mass is 10.00. The van der Waals surface area contributed by atoms with E-state index in [1.807, 2.05) is 42.5 Å². The van der Waals surface area contributed by atoms with Crippen LogP contribution in [0.3, 0.4) is 0 Å². The Morgan fingerprint density at radius 1 is 1.07 bits per heavy atom. The van der Waals surface area contributed by atoms with Gasteiger partial charge in [0.05, 0.1) is 21.7 Å². The number of hydrogen-bond donors (Lipinski definition) is 1. The number of nitriles is 1. The fourth-order valence-electron chi connectivity index (χ4n) is 2.64. The number of nitrogens with zero attached hydrogens (tertiary/aromatic N) is 1. The van der Waals surface area contributed by atoms with E-state index in [9.17, 15) is 10.1 Å². The summed E-state index contributed by atoms with van der Waals surface area (Å²) < 4.78 is 5.10. The Labute approximate surface area is 165 Å². The lowest BCUT2D eigenvalue weighted by Crippen LogP contribution is -2.10. The topological polar surface area (TPSA) is 70.3 Å². The second kappa shape index (κ2) is 8.13. The Kier molecular flexibility index (Phi) is 5.66. The molecule has 0 saturated carbocycles. The van der Waals surface area contributed by atoms with Gasteiger partial charge >= 0.3 is 5.97 Å². The predicted molar refractivity (Wildman–Crippen MR) is 107 cm³/mol. The zero-order valence-electron chi connectivity index (χ0n) is 13.9. The number of benzene rings is 3. The highest BCUT2D eigenvalue weighted by atomic mass is 35.5. The molecule has 27 heavy (non-hydrogen) atoms. The molecule has 0 fully saturated rings. The third kappa shape index (κ3) is 4.40. The van der Waals surface area contributed by atoms with E-state index >= 15 is 0 Å². The van der Waals surface area contributed by atoms with Crippen LogP contribution < -0.4 is 4.74 Å². The molecule has 4 nitrogen and oxygen atoms in total. The molecular formula is C21H13Cl2NO3. The van der Waals surface area contributed by atoms with E-state index < -0.39 is 12.6 Å². The minimum Gasteiger partial charge on any atom is -0.479 e. The number of hydrogen-bond acceptors (Lipinski definition) is 3. The van der Waals surface area contributed by atoms with Gasteiger partial charge in [0.2, 0.25) is 0 Å². The van der Waals surface area contributed by atoms with Crippen molar-refractivity contribution in [1.29, 1.82) is 5.26 Å². The molecule has 0 aliphatic carbocycles. The van der Waals surface area contributed by atoms with Gasteiger partial charge in [0.25, 0.3) is 0 Å². The number of rotatable bonds is 5. The van der Waals surface area contributed by atoms with Crippen LogP contribution in [0.1, 0.15) is 11.1 Å². The molecule has 0 atom stereocenters. The van der Waals surface area contributed by atoms with Crippen molar-refractivity contribution in [2.45, 2.75) is 0 Å². The van der Waals surface area contributed by atoms with Gasteiger partial charge in [-0.15, -0.1) is 0 Å². The van der Waals surface area contributed by atoms with Crippen molar-refractivity contribution in [3.63, 3.8) is 0 Å². The highest BCUT2D eigenvalue weighted by molar-refractivity contribution is 6.37. The van der Waals surface area contributed by atoms with E-state index in [-0.39, 0.29) is 15.8 Å². The van der Waals surface area contributed by atoms with Crippen molar-refractivity contribution in [1.82, 2.24) is 0 Å². The van der Waals surface area contributed by atoms with Gasteiger partial charge in [0, 0.05) is 0 Å². The highest BCUT2D eigenvalue weighted by Gasteiger charge is 2.12. The lowest BCUT2D eigenvalue weighted by Gasteiger charge is -2.09. The van der Waals surface area contributed by atoms with Crippen LogP contribution >= 0.6 is 23.2 Å². The van der Waals surface area contributed by atoms with E-state index in [4.69, 9.17) is 33.0 Å². The van der Waals surface area contributed by atoms with Gasteiger partial charge in [-0.3, -0.25) is 0 Å². The van der Waals surface area contributed by atoms with E-state index in [0.29, 0.717) is 11.1 Å². The number of carboxylic acids is 1. The maximum absolute atomic E-state index is 10.6. The normalized spacial score (nSPS) is 11.2. The van der Waals surface area contributed by atoms with Crippen LogP contribution in [0, 0.1) is 11.3 Å². The van der Waals surface area contributed by atoms with Crippen LogP contribution in [0.15, 0.2) is 54.6 Å². The average Bonchev–Trinajstić information content (AvgIpc) is 2.64. The zero-order valence-corrected chi connectivity index (χ0v) is 15.5. The summed E-state index contributed by atoms with van der Waals surface area (Å²) in [5.41, 5.74) is 1.83. The second-order valence-electron chi connectivity index (χ2n) is 5.73. The largest absolute Gasteiger partial charge is 0.479 e. The first kappa shape index (κ1) is 18.8. The zero-order chi connectivity index (χ0) is 19.4. The van der Waals surface area contributed by atoms with E-state index in [0.717, 1.165) is 16.3 Å². The molecule has 0 spiro atoms. The Hall–Kier alpha value is -3.00. The monoisotopic (exact) mass is 397 g/mol. The molecule has 0 saturated heterocycles. The van der Waals surface area contributed by atoms with E-state index in [1.165, 1.54) is 0 Å². The van der Waals surface area contributed by atoms with Crippen molar-refractivity contribution in [2.24, 2.45) is 0 Å². The van der Waals surface area contributed by atoms with Crippen molar-refractivity contribution in [3.8, 4) is 11.8 Å². The number of ether oxygens (including phenoxy) is 1. The fourth-order valence-corrected chi connectivity index (χ4v) is 3.25. The molecule has 3 rings (SSSR count). The Bertz CT molecular complexity index is 1080. The number of aliphatic carboxylic acids is 1. The molecule has 0 aliphatic heterocycles. The molecule has 6 heteroatoms. The SMILES string of the molecule is N#C/C(=C/c1cc(Cl)c(OCC(=O)O)c(Cl)c1)c1ccc2ccccc2c1. The number of fused-ring (bicyclic) bond motifs is 1. The van der Waals surface area contributed by atoms with Gasteiger partial charge in [-0.25, -0.2) is 4.79 Å². The highest BCUT2D eigenvalue weighted by Crippen LogP contribution is 2.35. The Morgan fingerprint density at radius 2 is 1.74 bits per heavy atom. The van der Waals surface area contributed by atoms with Crippen LogP contribution in [0.25, 0.3) is 22.4 Å². The van der Waals surface area contributed by atoms with Crippen molar-refractivity contribution in [2.75, 3.05) is 6.61 Å². The van der Waals surface area contributed by atoms with Crippen LogP contribution in [-0.4, -0.2) is 17.7 Å². The minimum atomic E-state index is -1.13. The third-order valence-corrected chi connectivity index (χ3v) is 4.41. The molecule has 0 amide bonds. The smallest absolute Gasteiger partial charge is 0.341 e. The molecule has 1 N–H and O–H groups in total. The van der Waals surface area contributed by atoms with Gasteiger partial charge in [-0.1, -0.05) is 59.6 Å². The summed E-state index contributed by atoms with van der Waals surface area (Å²) >= 11 is 12.3. The third-order valence-electron chi connectivity index (χ3n) is 3.85. The maximum atomic E-state index is 10.6. The molecule has 0 aliphatic rings. The van der Waals surface area contributed by atoms with Crippen molar-refractivity contribution >= 4 is 51.6 Å². The second-order valence-corrected chi connectivity index (χ2v) is 6.54. The first-order valence-corrected chi connectivity index (χ1v) is 8.68. The lowest BCUT2D eigenvalue weighted by molar-refractivity contribution is -0.139. The Balaban J connectivity index is 1.97. The summed E-state index contributed by atoms with van der Waals surface area (Å²) in [4.78, 5) is 10.6. The predicted octanol–water partition coefficient (Wildman–Crippen LogP) is 5.67. The van der Waals surface area contributed by atoms with E-state index in [2.05, 4.69) is 6.07 Å². The Morgan fingerprint density at radius 3 is 2.37 bits per heavy atom. The minimum absolute atomic E-state index is 0.0992. The van der Waals surface area contributed by atoms with E-state index in [1.54, 1.807) is 18.2 Å². The first-order valence-electron chi connectivity index (χ1n) is 7.92. The maximum Gasteiger partial charge on any atom is 0.341 e. The van der Waals surface area contributed by atoms with Crippen LogP contribution in [0.5, 0.6) is 5.75 Å². The van der Waals surface area contributed by atoms with Gasteiger partial charge < -0.3 is 9.84 Å². The summed E-state index contributed by atoms with van der Waals surface area (Å²) in [6, 6.07) is 19.0. The van der Waals surface area contributed by atoms with Crippen molar-refractivity contribution in [3.05, 3.63) is 75.8 Å². The number of carbonyl (C=O) groups is 1. The van der Waals surface area contributed by atoms with Crippen LogP contribution in [0.2, 0.25) is 10.0 Å². The standard InChI is InChI=1S/C21H13Cl2NO3/c22-18-8-13(9-19(23)21(18)27-12-20(25)26)7-17(11-24)16-6-5-14-3-1-2-4-15(14)10-16/h1-10H,12H2,(H,25,26)/b17-7-. The summed E-state index contributed by atoms with van der Waals surface area (Å²) in [6.45, 7) is -0.546. The summed E-state index contributed by atoms with van der Waals surface area (Å²) in [6.07, 6.45) is 1.67. The fraction of sp³-hybridized carbons (Fsp3) is 0.0476. The number of carboxylic acid groups (broad SMARTS) is 1. The van der Waals surface area contributed by atoms with Gasteiger partial charge in [-0.05, 0) is 46.2 Å². The van der Waals surface area contributed by atoms with Crippen LogP contribution in [0.4, 0.5) is 0 Å².